The van der Waals surface area contributed by atoms with Crippen molar-refractivity contribution < 1.29 is 8.42 Å². The number of hydrogen-bond acceptors (Lipinski definition) is 2. The minimum Gasteiger partial charge on any atom is -0.228 e. The van der Waals surface area contributed by atoms with Gasteiger partial charge in [0.05, 0.1) is 11.5 Å². The largest absolute Gasteiger partial charge is 0.228 e. The molecule has 0 aliphatic carbocycles. The lowest BCUT2D eigenvalue weighted by Gasteiger charge is -2.07. The van der Waals surface area contributed by atoms with E-state index in [4.69, 9.17) is 11.6 Å². The first-order valence-electron chi connectivity index (χ1n) is 4.64. The third-order valence-electron chi connectivity index (χ3n) is 2.57. The lowest BCUT2D eigenvalue weighted by Crippen LogP contribution is -2.03. The van der Waals surface area contributed by atoms with Crippen molar-refractivity contribution in [2.24, 2.45) is 0 Å². The van der Waals surface area contributed by atoms with Crippen LogP contribution < -0.4 is 0 Å². The summed E-state index contributed by atoms with van der Waals surface area (Å²) in [4.78, 5) is 0. The Morgan fingerprint density at radius 2 is 2.07 bits per heavy atom. The fourth-order valence-electron chi connectivity index (χ4n) is 1.73. The van der Waals surface area contributed by atoms with E-state index in [1.165, 1.54) is 0 Å². The van der Waals surface area contributed by atoms with Crippen molar-refractivity contribution in [3.8, 4) is 0 Å². The molecule has 0 radical (unpaired) electrons. The summed E-state index contributed by atoms with van der Waals surface area (Å²) >= 11 is 5.99. The van der Waals surface area contributed by atoms with Gasteiger partial charge in [-0.2, -0.15) is 0 Å². The quantitative estimate of drug-likeness (QED) is 0.758. The van der Waals surface area contributed by atoms with Crippen LogP contribution in [-0.2, 0) is 9.84 Å². The Balaban J connectivity index is 2.45. The summed E-state index contributed by atoms with van der Waals surface area (Å²) in [6, 6.07) is 5.56. The van der Waals surface area contributed by atoms with Crippen molar-refractivity contribution in [1.82, 2.24) is 0 Å². The average molecular weight is 243 g/mol. The number of hydrogen-bond donors (Lipinski definition) is 0. The Bertz CT molecular complexity index is 530. The van der Waals surface area contributed by atoms with Crippen molar-refractivity contribution in [2.75, 3.05) is 11.5 Å². The van der Waals surface area contributed by atoms with E-state index in [1.54, 1.807) is 6.08 Å². The molecule has 15 heavy (non-hydrogen) atoms. The van der Waals surface area contributed by atoms with Gasteiger partial charge in [0, 0.05) is 5.02 Å². The van der Waals surface area contributed by atoms with Crippen molar-refractivity contribution in [1.29, 1.82) is 0 Å². The maximum absolute atomic E-state index is 11.3. The third-order valence-corrected chi connectivity index (χ3v) is 4.41. The van der Waals surface area contributed by atoms with Crippen molar-refractivity contribution in [3.63, 3.8) is 0 Å². The van der Waals surface area contributed by atoms with Crippen LogP contribution in [0, 0.1) is 6.92 Å². The summed E-state index contributed by atoms with van der Waals surface area (Å²) in [6.07, 6.45) is 1.77. The van der Waals surface area contributed by atoms with Gasteiger partial charge in [-0.15, -0.1) is 0 Å². The van der Waals surface area contributed by atoms with Crippen LogP contribution in [-0.4, -0.2) is 19.9 Å². The van der Waals surface area contributed by atoms with Gasteiger partial charge in [-0.3, -0.25) is 0 Å². The number of benzene rings is 1. The molecule has 1 aliphatic heterocycles. The number of halogens is 1. The van der Waals surface area contributed by atoms with Gasteiger partial charge in [-0.05, 0) is 29.7 Å². The third kappa shape index (κ3) is 2.08. The second kappa shape index (κ2) is 3.65. The van der Waals surface area contributed by atoms with E-state index in [9.17, 15) is 8.42 Å². The second-order valence-corrected chi connectivity index (χ2v) is 6.21. The summed E-state index contributed by atoms with van der Waals surface area (Å²) < 4.78 is 22.7. The lowest BCUT2D eigenvalue weighted by molar-refractivity contribution is 0.603. The standard InChI is InChI=1S/C11H11ClO2S/c1-8-10(3-2-4-11(8)12)9-5-6-15(13,14)7-9/h2-5H,6-7H2,1H3. The Labute approximate surface area is 94.5 Å². The van der Waals surface area contributed by atoms with Crippen LogP contribution in [0.3, 0.4) is 0 Å². The molecule has 0 fully saturated rings. The summed E-state index contributed by atoms with van der Waals surface area (Å²) in [5.74, 6) is 0.280. The van der Waals surface area contributed by atoms with Crippen LogP contribution in [0.5, 0.6) is 0 Å². The maximum Gasteiger partial charge on any atom is 0.158 e. The molecule has 0 spiro atoms. The van der Waals surface area contributed by atoms with Crippen LogP contribution in [0.4, 0.5) is 0 Å². The molecule has 0 atom stereocenters. The molecule has 1 aromatic carbocycles. The summed E-state index contributed by atoms with van der Waals surface area (Å²) in [5, 5.41) is 0.678. The van der Waals surface area contributed by atoms with Crippen LogP contribution in [0.15, 0.2) is 24.3 Å². The van der Waals surface area contributed by atoms with Gasteiger partial charge in [-0.1, -0.05) is 29.8 Å². The van der Waals surface area contributed by atoms with Crippen LogP contribution >= 0.6 is 11.6 Å². The van der Waals surface area contributed by atoms with Gasteiger partial charge in [0.1, 0.15) is 0 Å². The molecule has 2 rings (SSSR count). The molecule has 0 unspecified atom stereocenters. The van der Waals surface area contributed by atoms with Gasteiger partial charge >= 0.3 is 0 Å². The van der Waals surface area contributed by atoms with Gasteiger partial charge < -0.3 is 0 Å². The zero-order chi connectivity index (χ0) is 11.1. The summed E-state index contributed by atoms with van der Waals surface area (Å²) in [6.45, 7) is 1.91. The SMILES string of the molecule is Cc1c(Cl)cccc1C1=CCS(=O)(=O)C1. The zero-order valence-electron chi connectivity index (χ0n) is 8.33. The normalized spacial score (nSPS) is 18.9. The van der Waals surface area contributed by atoms with E-state index in [0.717, 1.165) is 16.7 Å². The monoisotopic (exact) mass is 242 g/mol. The van der Waals surface area contributed by atoms with E-state index in [1.807, 2.05) is 25.1 Å². The Morgan fingerprint density at radius 1 is 1.33 bits per heavy atom. The highest BCUT2D eigenvalue weighted by Crippen LogP contribution is 2.28. The van der Waals surface area contributed by atoms with E-state index >= 15 is 0 Å². The van der Waals surface area contributed by atoms with Crippen LogP contribution in [0.2, 0.25) is 5.02 Å². The Hall–Kier alpha value is -0.800. The molecule has 1 heterocycles. The Kier molecular flexibility index (Phi) is 2.61. The fraction of sp³-hybridized carbons (Fsp3) is 0.273. The van der Waals surface area contributed by atoms with E-state index in [0.29, 0.717) is 5.02 Å². The highest BCUT2D eigenvalue weighted by atomic mass is 35.5. The van der Waals surface area contributed by atoms with E-state index in [2.05, 4.69) is 0 Å². The van der Waals surface area contributed by atoms with Crippen molar-refractivity contribution in [2.45, 2.75) is 6.92 Å². The molecular formula is C11H11ClO2S. The summed E-state index contributed by atoms with van der Waals surface area (Å²) in [7, 11) is -2.91. The van der Waals surface area contributed by atoms with Crippen LogP contribution in [0.25, 0.3) is 5.57 Å². The average Bonchev–Trinajstić information content (AvgIpc) is 2.51. The second-order valence-electron chi connectivity index (χ2n) is 3.70. The fourth-order valence-corrected chi connectivity index (χ4v) is 3.22. The van der Waals surface area contributed by atoms with Crippen molar-refractivity contribution in [3.05, 3.63) is 40.4 Å². The molecule has 1 aromatic rings. The molecule has 4 heteroatoms. The minimum absolute atomic E-state index is 0.133. The number of sulfone groups is 1. The molecule has 0 N–H and O–H groups in total. The van der Waals surface area contributed by atoms with Gasteiger partial charge in [0.15, 0.2) is 9.84 Å². The van der Waals surface area contributed by atoms with Crippen molar-refractivity contribution >= 4 is 27.0 Å². The van der Waals surface area contributed by atoms with E-state index < -0.39 is 9.84 Å². The molecule has 1 aliphatic rings. The number of rotatable bonds is 1. The first kappa shape index (κ1) is 10.7. The first-order valence-corrected chi connectivity index (χ1v) is 6.84. The molecular weight excluding hydrogens is 232 g/mol. The Morgan fingerprint density at radius 3 is 2.67 bits per heavy atom. The minimum atomic E-state index is -2.91. The zero-order valence-corrected chi connectivity index (χ0v) is 9.90. The molecule has 0 saturated heterocycles. The lowest BCUT2D eigenvalue weighted by atomic mass is 10.0. The first-order chi connectivity index (χ1) is 6.99. The maximum atomic E-state index is 11.3. The topological polar surface area (TPSA) is 34.1 Å². The molecule has 0 aromatic heterocycles. The molecule has 0 bridgehead atoms. The molecule has 0 saturated carbocycles. The van der Waals surface area contributed by atoms with Gasteiger partial charge in [0.2, 0.25) is 0 Å². The highest BCUT2D eigenvalue weighted by molar-refractivity contribution is 7.92. The van der Waals surface area contributed by atoms with Gasteiger partial charge in [0.25, 0.3) is 0 Å². The van der Waals surface area contributed by atoms with Gasteiger partial charge in [-0.25, -0.2) is 8.42 Å². The highest BCUT2D eigenvalue weighted by Gasteiger charge is 2.21. The predicted molar refractivity (Wildman–Crippen MR) is 62.8 cm³/mol. The van der Waals surface area contributed by atoms with E-state index in [-0.39, 0.29) is 11.5 Å². The van der Waals surface area contributed by atoms with Crippen LogP contribution in [0.1, 0.15) is 11.1 Å². The molecule has 80 valence electrons. The summed E-state index contributed by atoms with van der Waals surface area (Å²) in [5.41, 5.74) is 2.76. The predicted octanol–water partition coefficient (Wildman–Crippen LogP) is 2.46. The molecule has 2 nitrogen and oxygen atoms in total. The smallest absolute Gasteiger partial charge is 0.158 e. The molecule has 0 amide bonds.